The first-order valence-corrected chi connectivity index (χ1v) is 7.76. The molecule has 0 radical (unpaired) electrons. The van der Waals surface area contributed by atoms with Crippen LogP contribution >= 0.6 is 11.3 Å². The lowest BCUT2D eigenvalue weighted by Gasteiger charge is -2.09. The average Bonchev–Trinajstić information content (AvgIpc) is 2.88. The Morgan fingerprint density at radius 3 is 2.43 bits per heavy atom. The smallest absolute Gasteiger partial charge is 0.325 e. The van der Waals surface area contributed by atoms with Crippen LogP contribution in [0.15, 0.2) is 11.2 Å². The van der Waals surface area contributed by atoms with E-state index in [2.05, 4.69) is 16.9 Å². The maximum Gasteiger partial charge on any atom is 0.325 e. The molecule has 0 amide bonds. The van der Waals surface area contributed by atoms with Crippen LogP contribution in [0.1, 0.15) is 32.1 Å². The van der Waals surface area contributed by atoms with Gasteiger partial charge in [0.05, 0.1) is 13.2 Å². The van der Waals surface area contributed by atoms with Crippen molar-refractivity contribution in [3.05, 3.63) is 11.1 Å². The van der Waals surface area contributed by atoms with Crippen LogP contribution in [0.5, 0.6) is 0 Å². The average molecular weight is 312 g/mol. The van der Waals surface area contributed by atoms with Gasteiger partial charge in [-0.15, -0.1) is 0 Å². The van der Waals surface area contributed by atoms with Crippen molar-refractivity contribution in [3.63, 3.8) is 0 Å². The van der Waals surface area contributed by atoms with Gasteiger partial charge in [-0.05, 0) is 20.3 Å². The Hall–Kier alpha value is -1.76. The maximum atomic E-state index is 11.8. The van der Waals surface area contributed by atoms with Crippen molar-refractivity contribution in [3.8, 4) is 0 Å². The van der Waals surface area contributed by atoms with E-state index in [0.717, 1.165) is 17.7 Å². The van der Waals surface area contributed by atoms with E-state index in [0.29, 0.717) is 5.13 Å². The highest BCUT2D eigenvalue weighted by molar-refractivity contribution is 7.15. The molecule has 0 saturated carbocycles. The molecule has 0 atom stereocenters. The summed E-state index contributed by atoms with van der Waals surface area (Å²) in [7, 11) is 0. The van der Waals surface area contributed by atoms with E-state index in [4.69, 9.17) is 9.47 Å². The van der Waals surface area contributed by atoms with Gasteiger partial charge in [-0.3, -0.25) is 9.59 Å². The predicted molar refractivity (Wildman–Crippen MR) is 81.0 cm³/mol. The Balaban J connectivity index is 2.80. The van der Waals surface area contributed by atoms with Gasteiger partial charge < -0.3 is 9.47 Å². The second kappa shape index (κ2) is 9.23. The zero-order valence-electron chi connectivity index (χ0n) is 12.5. The highest BCUT2D eigenvalue weighted by Crippen LogP contribution is 2.22. The van der Waals surface area contributed by atoms with E-state index < -0.39 is 17.9 Å². The predicted octanol–water partition coefficient (Wildman–Crippen LogP) is 2.54. The fraction of sp³-hybridized carbons (Fsp3) is 0.571. The zero-order chi connectivity index (χ0) is 15.7. The molecule has 0 aliphatic heterocycles. The summed E-state index contributed by atoms with van der Waals surface area (Å²) in [6, 6.07) is 0. The van der Waals surface area contributed by atoms with Crippen LogP contribution in [0, 0.1) is 5.92 Å². The third-order valence-electron chi connectivity index (χ3n) is 2.45. The topological polar surface area (TPSA) is 77.9 Å². The molecule has 0 fully saturated rings. The summed E-state index contributed by atoms with van der Waals surface area (Å²) in [5.74, 6) is -2.47. The minimum Gasteiger partial charge on any atom is -0.465 e. The Kier molecular flexibility index (Phi) is 7.60. The molecule has 0 aliphatic rings. The SMILES string of the molecule is CCCc1cnc(N=CC(C(=O)OCC)C(=O)OCC)s1. The summed E-state index contributed by atoms with van der Waals surface area (Å²) in [4.78, 5) is 32.9. The minimum atomic E-state index is -1.15. The number of rotatable bonds is 8. The second-order valence-electron chi connectivity index (χ2n) is 4.12. The van der Waals surface area contributed by atoms with Crippen LogP contribution < -0.4 is 0 Å². The molecule has 1 aromatic rings. The van der Waals surface area contributed by atoms with Gasteiger partial charge in [0.2, 0.25) is 5.13 Å². The zero-order valence-corrected chi connectivity index (χ0v) is 13.3. The second-order valence-corrected chi connectivity index (χ2v) is 5.21. The molecule has 0 saturated heterocycles. The number of ether oxygens (including phenoxy) is 2. The first-order valence-electron chi connectivity index (χ1n) is 6.94. The van der Waals surface area contributed by atoms with Crippen LogP contribution in [0.25, 0.3) is 0 Å². The summed E-state index contributed by atoms with van der Waals surface area (Å²) in [5.41, 5.74) is 0. The fourth-order valence-corrected chi connectivity index (χ4v) is 2.40. The number of aliphatic imine (C=N–C) groups is 1. The summed E-state index contributed by atoms with van der Waals surface area (Å²) < 4.78 is 9.71. The molecule has 1 rings (SSSR count). The number of carbonyl (C=O) groups is 2. The molecule has 0 aliphatic carbocycles. The molecule has 21 heavy (non-hydrogen) atoms. The van der Waals surface area contributed by atoms with Crippen molar-refractivity contribution < 1.29 is 19.1 Å². The van der Waals surface area contributed by atoms with E-state index in [9.17, 15) is 9.59 Å². The summed E-state index contributed by atoms with van der Waals surface area (Å²) in [6.07, 6.45) is 4.96. The standard InChI is InChI=1S/C14H20N2O4S/c1-4-7-10-8-15-14(21-10)16-9-11(12(17)19-5-2)13(18)20-6-3/h8-9,11H,4-7H2,1-3H3. The van der Waals surface area contributed by atoms with E-state index in [1.54, 1.807) is 20.0 Å². The number of esters is 2. The molecule has 0 spiro atoms. The van der Waals surface area contributed by atoms with Crippen molar-refractivity contribution in [2.45, 2.75) is 33.6 Å². The molecular formula is C14H20N2O4S. The minimum absolute atomic E-state index is 0.195. The lowest BCUT2D eigenvalue weighted by Crippen LogP contribution is -2.29. The van der Waals surface area contributed by atoms with Crippen molar-refractivity contribution in [2.75, 3.05) is 13.2 Å². The highest BCUT2D eigenvalue weighted by atomic mass is 32.1. The van der Waals surface area contributed by atoms with Gasteiger partial charge in [-0.25, -0.2) is 9.98 Å². The van der Waals surface area contributed by atoms with Gasteiger partial charge in [0, 0.05) is 17.3 Å². The van der Waals surface area contributed by atoms with Crippen molar-refractivity contribution >= 4 is 34.6 Å². The number of thiazole rings is 1. The van der Waals surface area contributed by atoms with E-state index in [-0.39, 0.29) is 13.2 Å². The fourth-order valence-electron chi connectivity index (χ4n) is 1.54. The molecule has 116 valence electrons. The summed E-state index contributed by atoms with van der Waals surface area (Å²) in [6.45, 7) is 5.82. The third-order valence-corrected chi connectivity index (χ3v) is 3.42. The first-order chi connectivity index (χ1) is 10.1. The van der Waals surface area contributed by atoms with Gasteiger partial charge in [-0.1, -0.05) is 24.7 Å². The van der Waals surface area contributed by atoms with Gasteiger partial charge >= 0.3 is 11.9 Å². The Labute approximate surface area is 128 Å². The number of aryl methyl sites for hydroxylation is 1. The van der Waals surface area contributed by atoms with Crippen LogP contribution in [0.4, 0.5) is 5.13 Å². The van der Waals surface area contributed by atoms with Crippen molar-refractivity contribution in [1.82, 2.24) is 4.98 Å². The van der Waals surface area contributed by atoms with Crippen LogP contribution in [-0.2, 0) is 25.5 Å². The number of hydrogen-bond donors (Lipinski definition) is 0. The summed E-state index contributed by atoms with van der Waals surface area (Å²) in [5, 5.41) is 0.511. The number of hydrogen-bond acceptors (Lipinski definition) is 7. The molecule has 0 bridgehead atoms. The monoisotopic (exact) mass is 312 g/mol. The molecule has 1 aromatic heterocycles. The highest BCUT2D eigenvalue weighted by Gasteiger charge is 2.27. The normalized spacial score (nSPS) is 11.0. The molecule has 7 heteroatoms. The van der Waals surface area contributed by atoms with Crippen molar-refractivity contribution in [1.29, 1.82) is 0 Å². The number of aromatic nitrogens is 1. The first kappa shape index (κ1) is 17.3. The van der Waals surface area contributed by atoms with E-state index >= 15 is 0 Å². The molecule has 0 aromatic carbocycles. The molecule has 0 unspecified atom stereocenters. The molecule has 0 N–H and O–H groups in total. The number of nitrogens with zero attached hydrogens (tertiary/aromatic N) is 2. The van der Waals surface area contributed by atoms with Gasteiger partial charge in [0.1, 0.15) is 0 Å². The van der Waals surface area contributed by atoms with E-state index in [1.165, 1.54) is 17.6 Å². The molecule has 1 heterocycles. The largest absolute Gasteiger partial charge is 0.465 e. The molecule has 6 nitrogen and oxygen atoms in total. The Morgan fingerprint density at radius 2 is 1.90 bits per heavy atom. The van der Waals surface area contributed by atoms with Gasteiger partial charge in [0.15, 0.2) is 5.92 Å². The quantitative estimate of drug-likeness (QED) is 0.419. The van der Waals surface area contributed by atoms with Crippen molar-refractivity contribution in [2.24, 2.45) is 10.9 Å². The Morgan fingerprint density at radius 1 is 1.29 bits per heavy atom. The lowest BCUT2D eigenvalue weighted by molar-refractivity contribution is -0.157. The Bertz CT molecular complexity index is 481. The summed E-state index contributed by atoms with van der Waals surface area (Å²) >= 11 is 1.44. The van der Waals surface area contributed by atoms with Crippen LogP contribution in [-0.4, -0.2) is 36.4 Å². The molecular weight excluding hydrogens is 292 g/mol. The van der Waals surface area contributed by atoms with Gasteiger partial charge in [-0.2, -0.15) is 0 Å². The lowest BCUT2D eigenvalue weighted by atomic mass is 10.2. The third kappa shape index (κ3) is 5.63. The van der Waals surface area contributed by atoms with Crippen LogP contribution in [0.3, 0.4) is 0 Å². The maximum absolute atomic E-state index is 11.8. The number of carbonyl (C=O) groups excluding carboxylic acids is 2. The van der Waals surface area contributed by atoms with E-state index in [1.807, 2.05) is 0 Å². The van der Waals surface area contributed by atoms with Crippen LogP contribution in [0.2, 0.25) is 0 Å². The van der Waals surface area contributed by atoms with Gasteiger partial charge in [0.25, 0.3) is 0 Å².